The normalized spacial score (nSPS) is 24.2. The fourth-order valence-corrected chi connectivity index (χ4v) is 2.53. The third kappa shape index (κ3) is 3.15. The molecule has 0 aromatic carbocycles. The number of aromatic nitrogens is 1. The Morgan fingerprint density at radius 3 is 2.40 bits per heavy atom. The van der Waals surface area contributed by atoms with Gasteiger partial charge < -0.3 is 15.4 Å². The van der Waals surface area contributed by atoms with Crippen LogP contribution in [-0.2, 0) is 0 Å². The minimum atomic E-state index is 0.0744. The van der Waals surface area contributed by atoms with E-state index in [0.717, 1.165) is 18.9 Å². The molecule has 2 N–H and O–H groups in total. The highest BCUT2D eigenvalue weighted by Crippen LogP contribution is 2.26. The Morgan fingerprint density at radius 2 is 1.85 bits per heavy atom. The van der Waals surface area contributed by atoms with Gasteiger partial charge in [-0.15, -0.1) is 0 Å². The number of pyridine rings is 1. The Labute approximate surface area is 121 Å². The van der Waals surface area contributed by atoms with Crippen LogP contribution in [0.25, 0.3) is 0 Å². The number of hydrogen-bond acceptors (Lipinski definition) is 5. The Balaban J connectivity index is 2.20. The highest BCUT2D eigenvalue weighted by molar-refractivity contribution is 5.55. The van der Waals surface area contributed by atoms with E-state index in [1.165, 1.54) is 0 Å². The number of anilines is 2. The monoisotopic (exact) mass is 278 g/mol. The summed E-state index contributed by atoms with van der Waals surface area (Å²) in [5.74, 6) is 1.48. The van der Waals surface area contributed by atoms with Crippen LogP contribution in [0, 0.1) is 0 Å². The molecule has 2 atom stereocenters. The number of likely N-dealkylation sites (N-methyl/N-ethyl adjacent to an activating group) is 1. The molecule has 1 aromatic rings. The van der Waals surface area contributed by atoms with Crippen molar-refractivity contribution in [3.05, 3.63) is 12.1 Å². The quantitative estimate of drug-likeness (QED) is 0.916. The summed E-state index contributed by atoms with van der Waals surface area (Å²) in [4.78, 5) is 9.30. The first kappa shape index (κ1) is 14.9. The maximum atomic E-state index is 5.93. The van der Waals surface area contributed by atoms with Crippen molar-refractivity contribution in [1.29, 1.82) is 0 Å². The average Bonchev–Trinajstić information content (AvgIpc) is 2.37. The highest BCUT2D eigenvalue weighted by Gasteiger charge is 2.27. The zero-order valence-electron chi connectivity index (χ0n) is 13.1. The molecule has 0 aliphatic carbocycles. The lowest BCUT2D eigenvalue weighted by Crippen LogP contribution is -2.55. The van der Waals surface area contributed by atoms with Gasteiger partial charge in [-0.05, 0) is 46.9 Å². The van der Waals surface area contributed by atoms with Crippen LogP contribution in [0.5, 0.6) is 5.88 Å². The maximum absolute atomic E-state index is 5.93. The molecule has 0 radical (unpaired) electrons. The SMILES string of the molecule is CC(C)Oc1nc(N2CC(C)N(C)C(C)C2)ccc1N. The van der Waals surface area contributed by atoms with Gasteiger partial charge in [0.25, 0.3) is 0 Å². The van der Waals surface area contributed by atoms with E-state index in [2.05, 4.69) is 35.7 Å². The zero-order chi connectivity index (χ0) is 14.9. The summed E-state index contributed by atoms with van der Waals surface area (Å²) in [5.41, 5.74) is 6.52. The van der Waals surface area contributed by atoms with Gasteiger partial charge >= 0.3 is 0 Å². The van der Waals surface area contributed by atoms with Gasteiger partial charge in [-0.2, -0.15) is 4.98 Å². The Bertz CT molecular complexity index is 451. The zero-order valence-corrected chi connectivity index (χ0v) is 13.1. The summed E-state index contributed by atoms with van der Waals surface area (Å²) in [5, 5.41) is 0. The Kier molecular flexibility index (Phi) is 4.38. The van der Waals surface area contributed by atoms with Gasteiger partial charge in [-0.1, -0.05) is 0 Å². The summed E-state index contributed by atoms with van der Waals surface area (Å²) in [7, 11) is 2.18. The second-order valence-electron chi connectivity index (χ2n) is 6.00. The Hall–Kier alpha value is -1.49. The molecule has 2 unspecified atom stereocenters. The van der Waals surface area contributed by atoms with Crippen LogP contribution >= 0.6 is 0 Å². The molecule has 20 heavy (non-hydrogen) atoms. The van der Waals surface area contributed by atoms with Gasteiger partial charge in [0.1, 0.15) is 5.82 Å². The van der Waals surface area contributed by atoms with E-state index in [1.807, 2.05) is 26.0 Å². The van der Waals surface area contributed by atoms with Crippen molar-refractivity contribution in [2.45, 2.75) is 45.9 Å². The van der Waals surface area contributed by atoms with Crippen LogP contribution in [0.1, 0.15) is 27.7 Å². The number of rotatable bonds is 3. The number of piperazine rings is 1. The first-order chi connectivity index (χ1) is 9.38. The number of nitrogens with two attached hydrogens (primary N) is 1. The molecule has 1 aliphatic rings. The van der Waals surface area contributed by atoms with E-state index in [0.29, 0.717) is 23.7 Å². The van der Waals surface area contributed by atoms with Crippen molar-refractivity contribution in [3.63, 3.8) is 0 Å². The van der Waals surface area contributed by atoms with Crippen LogP contribution in [0.2, 0.25) is 0 Å². The molecule has 2 heterocycles. The van der Waals surface area contributed by atoms with E-state index in [9.17, 15) is 0 Å². The molecule has 2 rings (SSSR count). The smallest absolute Gasteiger partial charge is 0.239 e. The number of hydrogen-bond donors (Lipinski definition) is 1. The fraction of sp³-hybridized carbons (Fsp3) is 0.667. The van der Waals surface area contributed by atoms with E-state index in [-0.39, 0.29) is 6.10 Å². The van der Waals surface area contributed by atoms with Crippen molar-refractivity contribution in [2.75, 3.05) is 30.8 Å². The lowest BCUT2D eigenvalue weighted by Gasteiger charge is -2.43. The van der Waals surface area contributed by atoms with E-state index in [1.54, 1.807) is 0 Å². The molecule has 1 fully saturated rings. The minimum Gasteiger partial charge on any atom is -0.473 e. The molecule has 1 aromatic heterocycles. The van der Waals surface area contributed by atoms with Crippen molar-refractivity contribution in [1.82, 2.24) is 9.88 Å². The topological polar surface area (TPSA) is 54.6 Å². The summed E-state index contributed by atoms with van der Waals surface area (Å²) in [6, 6.07) is 4.88. The lowest BCUT2D eigenvalue weighted by atomic mass is 10.1. The molecule has 1 saturated heterocycles. The van der Waals surface area contributed by atoms with Gasteiger partial charge in [0, 0.05) is 25.2 Å². The van der Waals surface area contributed by atoms with Crippen molar-refractivity contribution >= 4 is 11.5 Å². The second-order valence-corrected chi connectivity index (χ2v) is 6.00. The van der Waals surface area contributed by atoms with Crippen LogP contribution in [0.4, 0.5) is 11.5 Å². The molecular formula is C15H26N4O. The molecule has 112 valence electrons. The predicted octanol–water partition coefficient (Wildman–Crippen LogP) is 1.98. The standard InChI is InChI=1S/C15H26N4O/c1-10(2)20-15-13(16)6-7-14(17-15)19-8-11(3)18(5)12(4)9-19/h6-7,10-12H,8-9,16H2,1-5H3. The Morgan fingerprint density at radius 1 is 1.25 bits per heavy atom. The van der Waals surface area contributed by atoms with Gasteiger partial charge in [0.15, 0.2) is 0 Å². The molecule has 5 heteroatoms. The number of nitrogens with zero attached hydrogens (tertiary/aromatic N) is 3. The summed E-state index contributed by atoms with van der Waals surface area (Å²) < 4.78 is 5.68. The first-order valence-corrected chi connectivity index (χ1v) is 7.28. The van der Waals surface area contributed by atoms with Crippen molar-refractivity contribution < 1.29 is 4.74 Å². The van der Waals surface area contributed by atoms with E-state index >= 15 is 0 Å². The van der Waals surface area contributed by atoms with Gasteiger partial charge in [0.2, 0.25) is 5.88 Å². The highest BCUT2D eigenvalue weighted by atomic mass is 16.5. The van der Waals surface area contributed by atoms with Crippen LogP contribution in [0.15, 0.2) is 12.1 Å². The fourth-order valence-electron chi connectivity index (χ4n) is 2.53. The summed E-state index contributed by atoms with van der Waals surface area (Å²) in [6.07, 6.45) is 0.0744. The third-order valence-corrected chi connectivity index (χ3v) is 3.91. The summed E-state index contributed by atoms with van der Waals surface area (Å²) in [6.45, 7) is 10.4. The van der Waals surface area contributed by atoms with Gasteiger partial charge in [0.05, 0.1) is 11.8 Å². The third-order valence-electron chi connectivity index (χ3n) is 3.91. The first-order valence-electron chi connectivity index (χ1n) is 7.28. The largest absolute Gasteiger partial charge is 0.473 e. The van der Waals surface area contributed by atoms with Crippen LogP contribution < -0.4 is 15.4 Å². The predicted molar refractivity (Wildman–Crippen MR) is 83.3 cm³/mol. The lowest BCUT2D eigenvalue weighted by molar-refractivity contribution is 0.169. The molecule has 0 amide bonds. The van der Waals surface area contributed by atoms with Gasteiger partial charge in [-0.25, -0.2) is 0 Å². The maximum Gasteiger partial charge on any atom is 0.239 e. The number of nitrogen functional groups attached to an aromatic ring is 1. The molecule has 0 saturated carbocycles. The van der Waals surface area contributed by atoms with E-state index in [4.69, 9.17) is 10.5 Å². The van der Waals surface area contributed by atoms with Crippen LogP contribution in [-0.4, -0.2) is 48.2 Å². The van der Waals surface area contributed by atoms with Crippen molar-refractivity contribution in [3.8, 4) is 5.88 Å². The van der Waals surface area contributed by atoms with Crippen molar-refractivity contribution in [2.24, 2.45) is 0 Å². The molecule has 1 aliphatic heterocycles. The van der Waals surface area contributed by atoms with Crippen LogP contribution in [0.3, 0.4) is 0 Å². The molecule has 0 bridgehead atoms. The molecule has 5 nitrogen and oxygen atoms in total. The number of ether oxygens (including phenoxy) is 1. The average molecular weight is 278 g/mol. The summed E-state index contributed by atoms with van der Waals surface area (Å²) >= 11 is 0. The minimum absolute atomic E-state index is 0.0744. The molecular weight excluding hydrogens is 252 g/mol. The molecule has 0 spiro atoms. The van der Waals surface area contributed by atoms with Gasteiger partial charge in [-0.3, -0.25) is 4.90 Å². The second kappa shape index (κ2) is 5.87. The van der Waals surface area contributed by atoms with E-state index < -0.39 is 0 Å².